The Hall–Kier alpha value is -1.46. The summed E-state index contributed by atoms with van der Waals surface area (Å²) in [5, 5.41) is 0. The third kappa shape index (κ3) is 2.86. The van der Waals surface area contributed by atoms with Gasteiger partial charge in [-0.3, -0.25) is 9.78 Å². The summed E-state index contributed by atoms with van der Waals surface area (Å²) in [7, 11) is 0. The highest BCUT2D eigenvalue weighted by molar-refractivity contribution is 5.94. The standard InChI is InChI=1S/C13H19N3O2/c1-9-3-4-11(6-15-9)13(17)16-7-10(2)18-12(5-14)8-16/h3-4,6,10,12H,5,7-8,14H2,1-2H3. The number of hydrogen-bond donors (Lipinski definition) is 1. The summed E-state index contributed by atoms with van der Waals surface area (Å²) < 4.78 is 5.64. The highest BCUT2D eigenvalue weighted by Crippen LogP contribution is 2.13. The lowest BCUT2D eigenvalue weighted by Crippen LogP contribution is -2.51. The molecule has 2 rings (SSSR count). The molecule has 18 heavy (non-hydrogen) atoms. The van der Waals surface area contributed by atoms with Gasteiger partial charge in [-0.15, -0.1) is 0 Å². The van der Waals surface area contributed by atoms with E-state index in [1.165, 1.54) is 0 Å². The molecule has 0 radical (unpaired) electrons. The van der Waals surface area contributed by atoms with Gasteiger partial charge < -0.3 is 15.4 Å². The van der Waals surface area contributed by atoms with Crippen LogP contribution in [-0.2, 0) is 4.74 Å². The minimum absolute atomic E-state index is 0.00361. The predicted octanol–water partition coefficient (Wildman–Crippen LogP) is 0.578. The Kier molecular flexibility index (Phi) is 3.93. The first-order valence-electron chi connectivity index (χ1n) is 6.17. The molecule has 5 heteroatoms. The zero-order valence-corrected chi connectivity index (χ0v) is 10.8. The third-order valence-electron chi connectivity index (χ3n) is 3.03. The van der Waals surface area contributed by atoms with Crippen LogP contribution in [0.15, 0.2) is 18.3 Å². The maximum atomic E-state index is 12.3. The molecule has 0 spiro atoms. The minimum atomic E-state index is -0.0730. The number of morpholine rings is 1. The van der Waals surface area contributed by atoms with Gasteiger partial charge in [-0.25, -0.2) is 0 Å². The molecule has 2 unspecified atom stereocenters. The van der Waals surface area contributed by atoms with Crippen molar-refractivity contribution < 1.29 is 9.53 Å². The van der Waals surface area contributed by atoms with Gasteiger partial charge in [0.15, 0.2) is 0 Å². The zero-order valence-electron chi connectivity index (χ0n) is 10.8. The fourth-order valence-corrected chi connectivity index (χ4v) is 2.12. The minimum Gasteiger partial charge on any atom is -0.370 e. The van der Waals surface area contributed by atoms with Gasteiger partial charge in [0.2, 0.25) is 0 Å². The van der Waals surface area contributed by atoms with E-state index in [4.69, 9.17) is 10.5 Å². The molecule has 5 nitrogen and oxygen atoms in total. The summed E-state index contributed by atoms with van der Waals surface area (Å²) >= 11 is 0. The van der Waals surface area contributed by atoms with Crippen LogP contribution in [0.3, 0.4) is 0 Å². The predicted molar refractivity (Wildman–Crippen MR) is 68.3 cm³/mol. The summed E-state index contributed by atoms with van der Waals surface area (Å²) in [6.07, 6.45) is 1.57. The van der Waals surface area contributed by atoms with Gasteiger partial charge in [-0.05, 0) is 26.0 Å². The van der Waals surface area contributed by atoms with Gasteiger partial charge in [0.25, 0.3) is 5.91 Å². The van der Waals surface area contributed by atoms with Crippen molar-refractivity contribution in [2.75, 3.05) is 19.6 Å². The number of carbonyl (C=O) groups excluding carboxylic acids is 1. The topological polar surface area (TPSA) is 68.5 Å². The van der Waals surface area contributed by atoms with Crippen molar-refractivity contribution in [1.29, 1.82) is 0 Å². The Bertz CT molecular complexity index is 419. The van der Waals surface area contributed by atoms with E-state index in [9.17, 15) is 4.79 Å². The molecule has 2 heterocycles. The summed E-state index contributed by atoms with van der Waals surface area (Å²) in [6, 6.07) is 3.65. The number of aromatic nitrogens is 1. The number of rotatable bonds is 2. The van der Waals surface area contributed by atoms with Crippen molar-refractivity contribution in [3.05, 3.63) is 29.6 Å². The Balaban J connectivity index is 2.10. The van der Waals surface area contributed by atoms with Crippen LogP contribution >= 0.6 is 0 Å². The lowest BCUT2D eigenvalue weighted by Gasteiger charge is -2.36. The molecule has 1 aromatic heterocycles. The van der Waals surface area contributed by atoms with Crippen molar-refractivity contribution in [3.8, 4) is 0 Å². The van der Waals surface area contributed by atoms with Crippen LogP contribution in [0.5, 0.6) is 0 Å². The Morgan fingerprint density at radius 3 is 2.94 bits per heavy atom. The SMILES string of the molecule is Cc1ccc(C(=O)N2CC(C)OC(CN)C2)cn1. The number of hydrogen-bond acceptors (Lipinski definition) is 4. The molecule has 1 amide bonds. The van der Waals surface area contributed by atoms with Gasteiger partial charge in [-0.1, -0.05) is 0 Å². The van der Waals surface area contributed by atoms with Crippen molar-refractivity contribution in [1.82, 2.24) is 9.88 Å². The molecule has 0 aliphatic carbocycles. The van der Waals surface area contributed by atoms with Crippen LogP contribution in [0.1, 0.15) is 23.0 Å². The van der Waals surface area contributed by atoms with E-state index in [1.54, 1.807) is 11.1 Å². The molecule has 2 atom stereocenters. The van der Waals surface area contributed by atoms with Gasteiger partial charge >= 0.3 is 0 Å². The van der Waals surface area contributed by atoms with Crippen LogP contribution in [0.2, 0.25) is 0 Å². The number of ether oxygens (including phenoxy) is 1. The molecule has 0 saturated carbocycles. The van der Waals surface area contributed by atoms with Crippen LogP contribution in [0.4, 0.5) is 0 Å². The van der Waals surface area contributed by atoms with E-state index in [1.807, 2.05) is 26.0 Å². The fourth-order valence-electron chi connectivity index (χ4n) is 2.12. The van der Waals surface area contributed by atoms with Crippen molar-refractivity contribution in [3.63, 3.8) is 0 Å². The first kappa shape index (κ1) is 13.0. The monoisotopic (exact) mass is 249 g/mol. The van der Waals surface area contributed by atoms with Gasteiger partial charge in [0.1, 0.15) is 0 Å². The van der Waals surface area contributed by atoms with Crippen molar-refractivity contribution in [2.45, 2.75) is 26.1 Å². The summed E-state index contributed by atoms with van der Waals surface area (Å²) in [5.41, 5.74) is 7.13. The van der Waals surface area contributed by atoms with E-state index in [2.05, 4.69) is 4.98 Å². The number of aryl methyl sites for hydroxylation is 1. The van der Waals surface area contributed by atoms with E-state index in [-0.39, 0.29) is 18.1 Å². The normalized spacial score (nSPS) is 24.1. The lowest BCUT2D eigenvalue weighted by atomic mass is 10.1. The molecular weight excluding hydrogens is 230 g/mol. The smallest absolute Gasteiger partial charge is 0.255 e. The molecule has 0 bridgehead atoms. The lowest BCUT2D eigenvalue weighted by molar-refractivity contribution is -0.0625. The fraction of sp³-hybridized carbons (Fsp3) is 0.538. The molecule has 1 fully saturated rings. The molecule has 1 saturated heterocycles. The van der Waals surface area contributed by atoms with E-state index in [0.29, 0.717) is 25.2 Å². The molecule has 1 aromatic rings. The average Bonchev–Trinajstić information content (AvgIpc) is 2.38. The van der Waals surface area contributed by atoms with Crippen molar-refractivity contribution >= 4 is 5.91 Å². The molecule has 0 aromatic carbocycles. The Morgan fingerprint density at radius 1 is 1.56 bits per heavy atom. The molecular formula is C13H19N3O2. The number of carbonyl (C=O) groups is 1. The van der Waals surface area contributed by atoms with Gasteiger partial charge in [0.05, 0.1) is 17.8 Å². The molecule has 1 aliphatic rings. The highest BCUT2D eigenvalue weighted by Gasteiger charge is 2.28. The van der Waals surface area contributed by atoms with Crippen LogP contribution in [0.25, 0.3) is 0 Å². The second-order valence-corrected chi connectivity index (χ2v) is 4.70. The summed E-state index contributed by atoms with van der Waals surface area (Å²) in [5.74, 6) is -0.00361. The van der Waals surface area contributed by atoms with Gasteiger partial charge in [-0.2, -0.15) is 0 Å². The Morgan fingerprint density at radius 2 is 2.33 bits per heavy atom. The van der Waals surface area contributed by atoms with Crippen LogP contribution in [0, 0.1) is 6.92 Å². The van der Waals surface area contributed by atoms with Crippen LogP contribution in [-0.4, -0.2) is 47.6 Å². The molecule has 1 aliphatic heterocycles. The summed E-state index contributed by atoms with van der Waals surface area (Å²) in [6.45, 7) is 5.43. The largest absolute Gasteiger partial charge is 0.370 e. The number of amides is 1. The average molecular weight is 249 g/mol. The second-order valence-electron chi connectivity index (χ2n) is 4.70. The maximum Gasteiger partial charge on any atom is 0.255 e. The zero-order chi connectivity index (χ0) is 13.1. The quantitative estimate of drug-likeness (QED) is 0.832. The molecule has 2 N–H and O–H groups in total. The number of nitrogens with zero attached hydrogens (tertiary/aromatic N) is 2. The Labute approximate surface area is 107 Å². The first-order chi connectivity index (χ1) is 8.60. The van der Waals surface area contributed by atoms with E-state index in [0.717, 1.165) is 5.69 Å². The molecule has 98 valence electrons. The van der Waals surface area contributed by atoms with Gasteiger partial charge in [0, 0.05) is 31.5 Å². The number of nitrogens with two attached hydrogens (primary N) is 1. The van der Waals surface area contributed by atoms with E-state index >= 15 is 0 Å². The van der Waals surface area contributed by atoms with E-state index < -0.39 is 0 Å². The second kappa shape index (κ2) is 5.46. The number of pyridine rings is 1. The maximum absolute atomic E-state index is 12.3. The third-order valence-corrected chi connectivity index (χ3v) is 3.03. The van der Waals surface area contributed by atoms with Crippen molar-refractivity contribution in [2.24, 2.45) is 5.73 Å². The first-order valence-corrected chi connectivity index (χ1v) is 6.17. The highest BCUT2D eigenvalue weighted by atomic mass is 16.5. The van der Waals surface area contributed by atoms with Crippen LogP contribution < -0.4 is 5.73 Å². The summed E-state index contributed by atoms with van der Waals surface area (Å²) in [4.78, 5) is 18.2.